The average molecular weight is 263 g/mol. The Labute approximate surface area is 111 Å². The Morgan fingerprint density at radius 2 is 2.00 bits per heavy atom. The van der Waals surface area contributed by atoms with Gasteiger partial charge >= 0.3 is 0 Å². The summed E-state index contributed by atoms with van der Waals surface area (Å²) in [5.74, 6) is 1.13. The number of rotatable bonds is 4. The molecule has 0 aliphatic rings. The number of pyridine rings is 1. The number of aliphatic hydroxyl groups is 1. The lowest BCUT2D eigenvalue weighted by Crippen LogP contribution is -2.04. The first kappa shape index (κ1) is 13.4. The van der Waals surface area contributed by atoms with Crippen molar-refractivity contribution in [3.05, 3.63) is 35.3 Å². The Morgan fingerprint density at radius 3 is 2.63 bits per heavy atom. The predicted molar refractivity (Wildman–Crippen MR) is 69.3 cm³/mol. The molecule has 0 amide bonds. The number of hydrogen-bond acceptors (Lipinski definition) is 5. The van der Waals surface area contributed by atoms with Gasteiger partial charge in [-0.2, -0.15) is 5.10 Å². The quantitative estimate of drug-likeness (QED) is 0.898. The Morgan fingerprint density at radius 1 is 1.26 bits per heavy atom. The lowest BCUT2D eigenvalue weighted by molar-refractivity contribution is 0.212. The van der Waals surface area contributed by atoms with Crippen LogP contribution in [-0.2, 0) is 7.05 Å². The Hall–Kier alpha value is -2.08. The van der Waals surface area contributed by atoms with E-state index in [1.54, 1.807) is 44.4 Å². The fourth-order valence-corrected chi connectivity index (χ4v) is 2.07. The van der Waals surface area contributed by atoms with E-state index < -0.39 is 6.10 Å². The molecule has 1 atom stereocenters. The van der Waals surface area contributed by atoms with Gasteiger partial charge in [0.25, 0.3) is 0 Å². The van der Waals surface area contributed by atoms with E-state index in [4.69, 9.17) is 9.47 Å². The largest absolute Gasteiger partial charge is 0.495 e. The number of ether oxygens (including phenoxy) is 2. The molecule has 102 valence electrons. The van der Waals surface area contributed by atoms with Crippen LogP contribution in [-0.4, -0.2) is 34.1 Å². The van der Waals surface area contributed by atoms with Gasteiger partial charge in [-0.25, -0.2) is 4.68 Å². The molecule has 0 radical (unpaired) electrons. The second-order valence-corrected chi connectivity index (χ2v) is 4.19. The minimum absolute atomic E-state index is 0.535. The highest BCUT2D eigenvalue weighted by Gasteiger charge is 2.23. The molecule has 2 heterocycles. The molecule has 0 aromatic carbocycles. The van der Waals surface area contributed by atoms with Crippen LogP contribution in [0, 0.1) is 6.92 Å². The van der Waals surface area contributed by atoms with E-state index in [9.17, 15) is 5.11 Å². The van der Waals surface area contributed by atoms with E-state index in [2.05, 4.69) is 10.1 Å². The summed E-state index contributed by atoms with van der Waals surface area (Å²) in [6.07, 6.45) is 2.33. The Bertz CT molecular complexity index is 581. The highest BCUT2D eigenvalue weighted by molar-refractivity contribution is 5.40. The SMILES string of the molecule is COc1cncc(C(O)c2c(C)nn(C)c2OC)c1. The molecule has 0 saturated carbocycles. The summed E-state index contributed by atoms with van der Waals surface area (Å²) in [5, 5.41) is 14.7. The van der Waals surface area contributed by atoms with Crippen molar-refractivity contribution in [2.24, 2.45) is 7.05 Å². The van der Waals surface area contributed by atoms with Crippen LogP contribution in [0.1, 0.15) is 22.9 Å². The summed E-state index contributed by atoms with van der Waals surface area (Å²) in [6, 6.07) is 1.74. The van der Waals surface area contributed by atoms with Crippen LogP contribution in [0.15, 0.2) is 18.5 Å². The molecule has 0 aliphatic carbocycles. The average Bonchev–Trinajstić information content (AvgIpc) is 2.71. The van der Waals surface area contributed by atoms with E-state index in [1.807, 2.05) is 6.92 Å². The van der Waals surface area contributed by atoms with Gasteiger partial charge in [-0.15, -0.1) is 0 Å². The topological polar surface area (TPSA) is 69.4 Å². The minimum Gasteiger partial charge on any atom is -0.495 e. The smallest absolute Gasteiger partial charge is 0.217 e. The van der Waals surface area contributed by atoms with Gasteiger partial charge in [0.05, 0.1) is 31.7 Å². The summed E-state index contributed by atoms with van der Waals surface area (Å²) in [5.41, 5.74) is 1.99. The molecule has 0 aliphatic heterocycles. The van der Waals surface area contributed by atoms with Crippen molar-refractivity contribution in [2.45, 2.75) is 13.0 Å². The fraction of sp³-hybridized carbons (Fsp3) is 0.385. The standard InChI is InChI=1S/C13H17N3O3/c1-8-11(13(19-4)16(2)15-8)12(17)9-5-10(18-3)7-14-6-9/h5-7,12,17H,1-4H3. The van der Waals surface area contributed by atoms with Crippen molar-refractivity contribution in [1.29, 1.82) is 0 Å². The summed E-state index contributed by atoms with van der Waals surface area (Å²) in [6.45, 7) is 1.83. The minimum atomic E-state index is -0.855. The first-order valence-electron chi connectivity index (χ1n) is 5.83. The molecule has 6 nitrogen and oxygen atoms in total. The van der Waals surface area contributed by atoms with E-state index >= 15 is 0 Å². The first-order chi connectivity index (χ1) is 9.08. The summed E-state index contributed by atoms with van der Waals surface area (Å²) in [4.78, 5) is 4.04. The lowest BCUT2D eigenvalue weighted by atomic mass is 10.0. The maximum Gasteiger partial charge on any atom is 0.217 e. The van der Waals surface area contributed by atoms with Crippen LogP contribution < -0.4 is 9.47 Å². The molecule has 6 heteroatoms. The Balaban J connectivity index is 2.46. The van der Waals surface area contributed by atoms with Gasteiger partial charge in [-0.3, -0.25) is 4.98 Å². The predicted octanol–water partition coefficient (Wildman–Crippen LogP) is 1.22. The number of hydrogen-bond donors (Lipinski definition) is 1. The summed E-state index contributed by atoms with van der Waals surface area (Å²) < 4.78 is 12.0. The number of aromatic nitrogens is 3. The number of aryl methyl sites for hydroxylation is 2. The van der Waals surface area contributed by atoms with Gasteiger partial charge in [-0.05, 0) is 13.0 Å². The van der Waals surface area contributed by atoms with Crippen LogP contribution in [0.25, 0.3) is 0 Å². The van der Waals surface area contributed by atoms with Crippen molar-refractivity contribution in [2.75, 3.05) is 14.2 Å². The molecular formula is C13H17N3O3. The summed E-state index contributed by atoms with van der Waals surface area (Å²) >= 11 is 0. The highest BCUT2D eigenvalue weighted by Crippen LogP contribution is 2.32. The molecule has 0 saturated heterocycles. The third-order valence-electron chi connectivity index (χ3n) is 2.97. The molecule has 2 aromatic rings. The van der Waals surface area contributed by atoms with E-state index in [0.29, 0.717) is 22.8 Å². The zero-order chi connectivity index (χ0) is 14.0. The van der Waals surface area contributed by atoms with Gasteiger partial charge < -0.3 is 14.6 Å². The van der Waals surface area contributed by atoms with E-state index in [0.717, 1.165) is 5.69 Å². The van der Waals surface area contributed by atoms with E-state index in [1.165, 1.54) is 0 Å². The molecule has 0 fully saturated rings. The summed E-state index contributed by atoms with van der Waals surface area (Å²) in [7, 11) is 4.88. The van der Waals surface area contributed by atoms with Crippen LogP contribution in [0.5, 0.6) is 11.6 Å². The van der Waals surface area contributed by atoms with Gasteiger partial charge in [0.2, 0.25) is 5.88 Å². The maximum atomic E-state index is 10.5. The third-order valence-corrected chi connectivity index (χ3v) is 2.97. The Kier molecular flexibility index (Phi) is 3.71. The third kappa shape index (κ3) is 2.39. The van der Waals surface area contributed by atoms with Crippen molar-refractivity contribution in [1.82, 2.24) is 14.8 Å². The first-order valence-corrected chi connectivity index (χ1v) is 5.83. The van der Waals surface area contributed by atoms with Crippen molar-refractivity contribution < 1.29 is 14.6 Å². The van der Waals surface area contributed by atoms with Crippen LogP contribution in [0.4, 0.5) is 0 Å². The maximum absolute atomic E-state index is 10.5. The zero-order valence-corrected chi connectivity index (χ0v) is 11.4. The molecule has 0 bridgehead atoms. The zero-order valence-electron chi connectivity index (χ0n) is 11.4. The van der Waals surface area contributed by atoms with Crippen molar-refractivity contribution in [3.63, 3.8) is 0 Å². The van der Waals surface area contributed by atoms with Crippen molar-refractivity contribution >= 4 is 0 Å². The van der Waals surface area contributed by atoms with Crippen molar-refractivity contribution in [3.8, 4) is 11.6 Å². The molecule has 19 heavy (non-hydrogen) atoms. The number of methoxy groups -OCH3 is 2. The molecule has 2 aromatic heterocycles. The van der Waals surface area contributed by atoms with Gasteiger partial charge in [-0.1, -0.05) is 0 Å². The van der Waals surface area contributed by atoms with Gasteiger partial charge in [0.1, 0.15) is 11.9 Å². The van der Waals surface area contributed by atoms with Crippen LogP contribution in [0.2, 0.25) is 0 Å². The molecule has 0 spiro atoms. The van der Waals surface area contributed by atoms with Gasteiger partial charge in [0.15, 0.2) is 0 Å². The molecule has 1 N–H and O–H groups in total. The lowest BCUT2D eigenvalue weighted by Gasteiger charge is -2.13. The molecule has 2 rings (SSSR count). The highest BCUT2D eigenvalue weighted by atomic mass is 16.5. The monoisotopic (exact) mass is 263 g/mol. The number of nitrogens with zero attached hydrogens (tertiary/aromatic N) is 3. The van der Waals surface area contributed by atoms with Crippen LogP contribution >= 0.6 is 0 Å². The second kappa shape index (κ2) is 5.27. The van der Waals surface area contributed by atoms with Gasteiger partial charge in [0, 0.05) is 18.8 Å². The number of aliphatic hydroxyl groups excluding tert-OH is 1. The van der Waals surface area contributed by atoms with E-state index in [-0.39, 0.29) is 0 Å². The molecular weight excluding hydrogens is 246 g/mol. The fourth-order valence-electron chi connectivity index (χ4n) is 2.07. The second-order valence-electron chi connectivity index (χ2n) is 4.19. The normalized spacial score (nSPS) is 12.3. The van der Waals surface area contributed by atoms with Crippen LogP contribution in [0.3, 0.4) is 0 Å². The molecule has 1 unspecified atom stereocenters.